The molecule has 0 spiro atoms. The third-order valence-corrected chi connectivity index (χ3v) is 5.30. The van der Waals surface area contributed by atoms with Gasteiger partial charge in [0.25, 0.3) is 0 Å². The van der Waals surface area contributed by atoms with Gasteiger partial charge in [0.15, 0.2) is 21.5 Å². The fraction of sp³-hybridized carbons (Fsp3) is 0.615. The second kappa shape index (κ2) is 6.67. The first kappa shape index (κ1) is 17.1. The molecule has 1 saturated heterocycles. The summed E-state index contributed by atoms with van der Waals surface area (Å²) in [6.07, 6.45) is -1.71. The van der Waals surface area contributed by atoms with Gasteiger partial charge in [0, 0.05) is 28.3 Å². The molecule has 4 N–H and O–H groups in total. The van der Waals surface area contributed by atoms with Crippen molar-refractivity contribution in [1.82, 2.24) is 19.5 Å². The Morgan fingerprint density at radius 2 is 2.13 bits per heavy atom. The van der Waals surface area contributed by atoms with Crippen LogP contribution in [0.3, 0.4) is 0 Å². The number of hydrogen-bond donors (Lipinski definition) is 3. The highest BCUT2D eigenvalue weighted by Crippen LogP contribution is 2.34. The number of nitrogen functional groups attached to an aromatic ring is 1. The molecular formula is C13H18IN5O3S. The first-order chi connectivity index (χ1) is 10.9. The summed E-state index contributed by atoms with van der Waals surface area (Å²) < 4.78 is 7.95. The number of aliphatic hydroxyl groups excluding tert-OH is 2. The predicted molar refractivity (Wildman–Crippen MR) is 96.0 cm³/mol. The smallest absolute Gasteiger partial charge is 0.194 e. The average molecular weight is 451 g/mol. The Kier molecular flexibility index (Phi) is 4.97. The van der Waals surface area contributed by atoms with E-state index in [-0.39, 0.29) is 5.82 Å². The van der Waals surface area contributed by atoms with Crippen LogP contribution < -0.4 is 5.73 Å². The number of fused-ring (bicyclic) bond motifs is 1. The van der Waals surface area contributed by atoms with Gasteiger partial charge in [-0.1, -0.05) is 13.8 Å². The van der Waals surface area contributed by atoms with Crippen molar-refractivity contribution in [3.05, 3.63) is 10.2 Å². The lowest BCUT2D eigenvalue weighted by Gasteiger charge is -2.16. The van der Waals surface area contributed by atoms with Crippen molar-refractivity contribution in [1.29, 1.82) is 0 Å². The summed E-state index contributed by atoms with van der Waals surface area (Å²) >= 11 is 3.64. The summed E-state index contributed by atoms with van der Waals surface area (Å²) in [5, 5.41) is 21.0. The van der Waals surface area contributed by atoms with Gasteiger partial charge >= 0.3 is 0 Å². The zero-order chi connectivity index (χ0) is 16.7. The van der Waals surface area contributed by atoms with E-state index in [0.29, 0.717) is 26.0 Å². The van der Waals surface area contributed by atoms with Crippen LogP contribution in [-0.2, 0) is 4.74 Å². The van der Waals surface area contributed by atoms with E-state index in [4.69, 9.17) is 10.5 Å². The van der Waals surface area contributed by atoms with Crippen molar-refractivity contribution in [2.24, 2.45) is 0 Å². The molecule has 1 fully saturated rings. The molecular weight excluding hydrogens is 433 g/mol. The molecule has 0 unspecified atom stereocenters. The van der Waals surface area contributed by atoms with Gasteiger partial charge in [0.1, 0.15) is 17.7 Å². The minimum atomic E-state index is -1.06. The maximum atomic E-state index is 10.4. The van der Waals surface area contributed by atoms with Crippen LogP contribution >= 0.6 is 34.4 Å². The zero-order valence-electron chi connectivity index (χ0n) is 12.6. The number of nitrogens with two attached hydrogens (primary N) is 1. The standard InChI is InChI=1S/C13H18IN5O3S/c1-5(2)23-3-6-8(20)9(21)12(22-6)19-4-16-7-10(15)17-13(14)18-11(7)19/h4-6,8-9,12,20-21H,3H2,1-2H3,(H2,15,17,18)/t6-,8-,9-,12-/m1/s1. The molecule has 4 atom stereocenters. The minimum absolute atomic E-state index is 0.276. The van der Waals surface area contributed by atoms with E-state index < -0.39 is 24.5 Å². The number of nitrogens with zero attached hydrogens (tertiary/aromatic N) is 4. The van der Waals surface area contributed by atoms with Gasteiger partial charge < -0.3 is 20.7 Å². The van der Waals surface area contributed by atoms with Crippen molar-refractivity contribution in [3.63, 3.8) is 0 Å². The Labute approximate surface area is 151 Å². The lowest BCUT2D eigenvalue weighted by atomic mass is 10.1. The van der Waals surface area contributed by atoms with E-state index in [1.54, 1.807) is 16.3 Å². The predicted octanol–water partition coefficient (Wildman–Crippen LogP) is 0.774. The van der Waals surface area contributed by atoms with Crippen LogP contribution in [0.4, 0.5) is 5.82 Å². The summed E-state index contributed by atoms with van der Waals surface area (Å²) in [5.41, 5.74) is 6.79. The van der Waals surface area contributed by atoms with Crippen LogP contribution in [0.1, 0.15) is 20.1 Å². The van der Waals surface area contributed by atoms with Crippen molar-refractivity contribution >= 4 is 51.3 Å². The first-order valence-electron chi connectivity index (χ1n) is 7.17. The van der Waals surface area contributed by atoms with Gasteiger partial charge in [-0.2, -0.15) is 11.8 Å². The van der Waals surface area contributed by atoms with E-state index in [1.807, 2.05) is 22.6 Å². The molecule has 1 aliphatic heterocycles. The summed E-state index contributed by atoms with van der Waals surface area (Å²) in [6.45, 7) is 4.15. The van der Waals surface area contributed by atoms with E-state index >= 15 is 0 Å². The minimum Gasteiger partial charge on any atom is -0.387 e. The van der Waals surface area contributed by atoms with Crippen molar-refractivity contribution in [3.8, 4) is 0 Å². The third-order valence-electron chi connectivity index (χ3n) is 3.63. The topological polar surface area (TPSA) is 119 Å². The largest absolute Gasteiger partial charge is 0.387 e. The number of thioether (sulfide) groups is 1. The van der Waals surface area contributed by atoms with Gasteiger partial charge in [-0.15, -0.1) is 0 Å². The Bertz CT molecular complexity index is 712. The Morgan fingerprint density at radius 1 is 1.39 bits per heavy atom. The number of hydrogen-bond acceptors (Lipinski definition) is 8. The quantitative estimate of drug-likeness (QED) is 0.461. The zero-order valence-corrected chi connectivity index (χ0v) is 15.6. The molecule has 8 nitrogen and oxygen atoms in total. The average Bonchev–Trinajstić information content (AvgIpc) is 3.00. The fourth-order valence-electron chi connectivity index (χ4n) is 2.48. The van der Waals surface area contributed by atoms with Crippen molar-refractivity contribution < 1.29 is 14.9 Å². The molecule has 3 heterocycles. The number of imidazole rings is 1. The van der Waals surface area contributed by atoms with E-state index in [2.05, 4.69) is 28.8 Å². The summed E-state index contributed by atoms with van der Waals surface area (Å²) in [4.78, 5) is 12.6. The molecule has 2 aromatic heterocycles. The molecule has 0 aliphatic carbocycles. The summed E-state index contributed by atoms with van der Waals surface area (Å²) in [5.74, 6) is 0.881. The van der Waals surface area contributed by atoms with Crippen LogP contribution in [-0.4, -0.2) is 59.0 Å². The van der Waals surface area contributed by atoms with Crippen LogP contribution in [0.15, 0.2) is 6.33 Å². The van der Waals surface area contributed by atoms with Gasteiger partial charge in [0.2, 0.25) is 0 Å². The highest BCUT2D eigenvalue weighted by atomic mass is 127. The molecule has 0 radical (unpaired) electrons. The molecule has 0 saturated carbocycles. The number of halogens is 1. The fourth-order valence-corrected chi connectivity index (χ4v) is 3.82. The van der Waals surface area contributed by atoms with Crippen molar-refractivity contribution in [2.45, 2.75) is 43.6 Å². The molecule has 3 rings (SSSR count). The second-order valence-electron chi connectivity index (χ2n) is 5.63. The van der Waals surface area contributed by atoms with Crippen LogP contribution in [0.25, 0.3) is 11.2 Å². The number of aromatic nitrogens is 4. The lowest BCUT2D eigenvalue weighted by molar-refractivity contribution is -0.0289. The Balaban J connectivity index is 1.90. The van der Waals surface area contributed by atoms with E-state index in [0.717, 1.165) is 0 Å². The maximum Gasteiger partial charge on any atom is 0.194 e. The Hall–Kier alpha value is -0.690. The number of ether oxygens (including phenoxy) is 1. The molecule has 0 aromatic carbocycles. The number of aliphatic hydroxyl groups is 2. The monoisotopic (exact) mass is 451 g/mol. The molecule has 2 aromatic rings. The van der Waals surface area contributed by atoms with Crippen LogP contribution in [0.2, 0.25) is 0 Å². The SMILES string of the molecule is CC(C)SC[C@H]1O[C@@H](n2cnc3c(N)nc(I)nc32)[C@H](O)[C@@H]1O. The molecule has 126 valence electrons. The first-order valence-corrected chi connectivity index (χ1v) is 9.30. The number of rotatable bonds is 4. The molecule has 0 bridgehead atoms. The lowest BCUT2D eigenvalue weighted by Crippen LogP contribution is -2.32. The van der Waals surface area contributed by atoms with Gasteiger partial charge in [-0.25, -0.2) is 15.0 Å². The van der Waals surface area contributed by atoms with Crippen LogP contribution in [0, 0.1) is 3.83 Å². The maximum absolute atomic E-state index is 10.4. The van der Waals surface area contributed by atoms with Gasteiger partial charge in [0.05, 0.1) is 12.4 Å². The van der Waals surface area contributed by atoms with Crippen LogP contribution in [0.5, 0.6) is 0 Å². The van der Waals surface area contributed by atoms with Gasteiger partial charge in [-0.05, 0) is 5.25 Å². The van der Waals surface area contributed by atoms with Gasteiger partial charge in [-0.3, -0.25) is 4.57 Å². The number of anilines is 1. The second-order valence-corrected chi connectivity index (χ2v) is 8.20. The third kappa shape index (κ3) is 3.27. The molecule has 1 aliphatic rings. The molecule has 10 heteroatoms. The van der Waals surface area contributed by atoms with Crippen molar-refractivity contribution in [2.75, 3.05) is 11.5 Å². The highest BCUT2D eigenvalue weighted by Gasteiger charge is 2.44. The van der Waals surface area contributed by atoms with E-state index in [1.165, 1.54) is 6.33 Å². The highest BCUT2D eigenvalue weighted by molar-refractivity contribution is 14.1. The summed E-state index contributed by atoms with van der Waals surface area (Å²) in [6, 6.07) is 0. The summed E-state index contributed by atoms with van der Waals surface area (Å²) in [7, 11) is 0. The molecule has 0 amide bonds. The molecule has 23 heavy (non-hydrogen) atoms. The Morgan fingerprint density at radius 3 is 2.83 bits per heavy atom. The normalized spacial score (nSPS) is 28.1. The van der Waals surface area contributed by atoms with E-state index in [9.17, 15) is 10.2 Å².